The van der Waals surface area contributed by atoms with Crippen LogP contribution in [0.2, 0.25) is 0 Å². The van der Waals surface area contributed by atoms with Gasteiger partial charge in [0.05, 0.1) is 16.3 Å². The van der Waals surface area contributed by atoms with E-state index in [2.05, 4.69) is 27.2 Å². The van der Waals surface area contributed by atoms with Gasteiger partial charge >= 0.3 is 0 Å². The Hall–Kier alpha value is -3.39. The molecule has 0 amide bonds. The number of sulfonamides is 1. The van der Waals surface area contributed by atoms with Gasteiger partial charge in [-0.05, 0) is 79.2 Å². The number of azo groups is 1. The molecule has 0 aliphatic carbocycles. The van der Waals surface area contributed by atoms with Crippen LogP contribution in [-0.4, -0.2) is 29.1 Å². The standard InChI is InChI=1S/C32H45N5O2S/c1-4-5-6-7-8-9-10-11-12-13-26-33-27-14-16-30(17-15-27)36-40(38,39)32-24-20-29(21-25-32)35-34-28-18-22-31(23-19-28)37(2)3/h14-25,33,36H,4-13,26H2,1-3H3. The average Bonchev–Trinajstić information content (AvgIpc) is 2.96. The van der Waals surface area contributed by atoms with Crippen LogP contribution in [0.15, 0.2) is 87.9 Å². The lowest BCUT2D eigenvalue weighted by Gasteiger charge is -2.11. The Labute approximate surface area is 241 Å². The van der Waals surface area contributed by atoms with Crippen LogP contribution in [0.3, 0.4) is 0 Å². The fourth-order valence-electron chi connectivity index (χ4n) is 4.34. The third-order valence-corrected chi connectivity index (χ3v) is 8.19. The summed E-state index contributed by atoms with van der Waals surface area (Å²) in [6.45, 7) is 3.18. The fourth-order valence-corrected chi connectivity index (χ4v) is 5.40. The van der Waals surface area contributed by atoms with Crippen LogP contribution in [0.4, 0.5) is 28.4 Å². The number of hydrogen-bond donors (Lipinski definition) is 2. The lowest BCUT2D eigenvalue weighted by atomic mass is 10.1. The second-order valence-corrected chi connectivity index (χ2v) is 12.1. The Balaban J connectivity index is 1.39. The molecule has 0 atom stereocenters. The molecule has 7 nitrogen and oxygen atoms in total. The molecule has 3 aromatic carbocycles. The first kappa shape index (κ1) is 31.1. The molecule has 0 radical (unpaired) electrons. The highest BCUT2D eigenvalue weighted by Gasteiger charge is 2.14. The zero-order valence-electron chi connectivity index (χ0n) is 24.3. The van der Waals surface area contributed by atoms with E-state index in [9.17, 15) is 8.42 Å². The summed E-state index contributed by atoms with van der Waals surface area (Å²) in [5, 5.41) is 11.9. The van der Waals surface area contributed by atoms with E-state index in [0.717, 1.165) is 30.0 Å². The first-order chi connectivity index (χ1) is 19.4. The molecule has 0 aliphatic heterocycles. The Morgan fingerprint density at radius 3 is 1.62 bits per heavy atom. The lowest BCUT2D eigenvalue weighted by Crippen LogP contribution is -2.12. The minimum absolute atomic E-state index is 0.171. The molecule has 3 aromatic rings. The largest absolute Gasteiger partial charge is 0.385 e. The van der Waals surface area contributed by atoms with E-state index in [-0.39, 0.29) is 4.90 Å². The van der Waals surface area contributed by atoms with Crippen LogP contribution in [0, 0.1) is 0 Å². The van der Waals surface area contributed by atoms with Crippen molar-refractivity contribution in [2.24, 2.45) is 10.2 Å². The van der Waals surface area contributed by atoms with Crippen LogP contribution in [0.5, 0.6) is 0 Å². The summed E-state index contributed by atoms with van der Waals surface area (Å²) in [7, 11) is 0.251. The number of nitrogens with one attached hydrogen (secondary N) is 2. The summed E-state index contributed by atoms with van der Waals surface area (Å²) in [6, 6.07) is 21.5. The van der Waals surface area contributed by atoms with Gasteiger partial charge in [0, 0.05) is 37.7 Å². The van der Waals surface area contributed by atoms with Gasteiger partial charge < -0.3 is 10.2 Å². The fraction of sp³-hybridized carbons (Fsp3) is 0.438. The molecule has 0 spiro atoms. The van der Waals surface area contributed by atoms with Crippen molar-refractivity contribution < 1.29 is 8.42 Å². The van der Waals surface area contributed by atoms with E-state index in [1.54, 1.807) is 24.3 Å². The molecule has 0 fully saturated rings. The maximum atomic E-state index is 12.9. The molecule has 40 heavy (non-hydrogen) atoms. The predicted molar refractivity (Wildman–Crippen MR) is 169 cm³/mol. The highest BCUT2D eigenvalue weighted by atomic mass is 32.2. The average molecular weight is 564 g/mol. The van der Waals surface area contributed by atoms with Crippen molar-refractivity contribution in [3.05, 3.63) is 72.8 Å². The highest BCUT2D eigenvalue weighted by Crippen LogP contribution is 2.24. The molecule has 216 valence electrons. The maximum Gasteiger partial charge on any atom is 0.261 e. The molecule has 0 unspecified atom stereocenters. The molecule has 0 saturated heterocycles. The van der Waals surface area contributed by atoms with Crippen molar-refractivity contribution in [3.8, 4) is 0 Å². The molecule has 0 aromatic heterocycles. The number of anilines is 3. The molecular formula is C32H45N5O2S. The predicted octanol–water partition coefficient (Wildman–Crippen LogP) is 9.30. The zero-order valence-corrected chi connectivity index (χ0v) is 25.1. The van der Waals surface area contributed by atoms with Gasteiger partial charge in [0.25, 0.3) is 10.0 Å². The molecule has 3 rings (SSSR count). The normalized spacial score (nSPS) is 11.6. The van der Waals surface area contributed by atoms with Gasteiger partial charge in [-0.2, -0.15) is 10.2 Å². The van der Waals surface area contributed by atoms with Gasteiger partial charge in [-0.1, -0.05) is 64.7 Å². The molecule has 0 saturated carbocycles. The van der Waals surface area contributed by atoms with Crippen molar-refractivity contribution in [1.29, 1.82) is 0 Å². The van der Waals surface area contributed by atoms with E-state index in [0.29, 0.717) is 11.4 Å². The van der Waals surface area contributed by atoms with Gasteiger partial charge in [0.2, 0.25) is 0 Å². The summed E-state index contributed by atoms with van der Waals surface area (Å²) >= 11 is 0. The van der Waals surface area contributed by atoms with Gasteiger partial charge in [-0.15, -0.1) is 0 Å². The second-order valence-electron chi connectivity index (χ2n) is 10.4. The van der Waals surface area contributed by atoms with Crippen molar-refractivity contribution in [1.82, 2.24) is 0 Å². The van der Waals surface area contributed by atoms with Crippen molar-refractivity contribution in [2.45, 2.75) is 76.0 Å². The smallest absolute Gasteiger partial charge is 0.261 e. The Morgan fingerprint density at radius 1 is 0.625 bits per heavy atom. The molecule has 8 heteroatoms. The van der Waals surface area contributed by atoms with Crippen LogP contribution in [0.25, 0.3) is 0 Å². The monoisotopic (exact) mass is 563 g/mol. The van der Waals surface area contributed by atoms with Crippen LogP contribution < -0.4 is 14.9 Å². The maximum absolute atomic E-state index is 12.9. The molecule has 0 bridgehead atoms. The Bertz CT molecular complexity index is 1260. The number of benzene rings is 3. The van der Waals surface area contributed by atoms with Gasteiger partial charge in [0.1, 0.15) is 0 Å². The van der Waals surface area contributed by atoms with Crippen molar-refractivity contribution in [3.63, 3.8) is 0 Å². The Kier molecular flexibility index (Phi) is 13.0. The van der Waals surface area contributed by atoms with Gasteiger partial charge in [0.15, 0.2) is 0 Å². The van der Waals surface area contributed by atoms with Crippen LogP contribution in [-0.2, 0) is 10.0 Å². The van der Waals surface area contributed by atoms with E-state index >= 15 is 0 Å². The van der Waals surface area contributed by atoms with Crippen molar-refractivity contribution >= 4 is 38.5 Å². The summed E-state index contributed by atoms with van der Waals surface area (Å²) in [6.07, 6.45) is 13.2. The molecule has 0 aliphatic rings. The van der Waals surface area contributed by atoms with Gasteiger partial charge in [-0.25, -0.2) is 8.42 Å². The minimum Gasteiger partial charge on any atom is -0.385 e. The summed E-state index contributed by atoms with van der Waals surface area (Å²) in [5.41, 5.74) is 3.90. The first-order valence-electron chi connectivity index (χ1n) is 14.5. The molecular weight excluding hydrogens is 518 g/mol. The van der Waals surface area contributed by atoms with Gasteiger partial charge in [-0.3, -0.25) is 4.72 Å². The lowest BCUT2D eigenvalue weighted by molar-refractivity contribution is 0.560. The summed E-state index contributed by atoms with van der Waals surface area (Å²) < 4.78 is 28.4. The number of nitrogens with zero attached hydrogens (tertiary/aromatic N) is 3. The third kappa shape index (κ3) is 11.0. The van der Waals surface area contributed by atoms with Crippen LogP contribution >= 0.6 is 0 Å². The quantitative estimate of drug-likeness (QED) is 0.119. The number of hydrogen-bond acceptors (Lipinski definition) is 6. The van der Waals surface area contributed by atoms with E-state index in [4.69, 9.17) is 0 Å². The topological polar surface area (TPSA) is 86.2 Å². The molecule has 0 heterocycles. The first-order valence-corrected chi connectivity index (χ1v) is 16.0. The SMILES string of the molecule is CCCCCCCCCCCCNc1ccc(NS(=O)(=O)c2ccc(N=Nc3ccc(N(C)C)cc3)cc2)cc1. The summed E-state index contributed by atoms with van der Waals surface area (Å²) in [5.74, 6) is 0. The summed E-state index contributed by atoms with van der Waals surface area (Å²) in [4.78, 5) is 2.18. The van der Waals surface area contributed by atoms with E-state index in [1.165, 1.54) is 69.9 Å². The number of rotatable bonds is 18. The minimum atomic E-state index is -3.71. The molecule has 2 N–H and O–H groups in total. The zero-order chi connectivity index (χ0) is 28.6. The second kappa shape index (κ2) is 16.7. The third-order valence-electron chi connectivity index (χ3n) is 6.79. The van der Waals surface area contributed by atoms with Crippen molar-refractivity contribution in [2.75, 3.05) is 35.6 Å². The highest BCUT2D eigenvalue weighted by molar-refractivity contribution is 7.92. The van der Waals surface area contributed by atoms with Crippen LogP contribution in [0.1, 0.15) is 71.1 Å². The van der Waals surface area contributed by atoms with E-state index < -0.39 is 10.0 Å². The van der Waals surface area contributed by atoms with E-state index in [1.807, 2.05) is 55.4 Å². The number of unbranched alkanes of at least 4 members (excludes halogenated alkanes) is 9. The Morgan fingerprint density at radius 2 is 1.10 bits per heavy atom.